The van der Waals surface area contributed by atoms with E-state index in [4.69, 9.17) is 19.4 Å². The zero-order valence-electron chi connectivity index (χ0n) is 41.4. The minimum atomic E-state index is -3.79. The molecule has 2 saturated heterocycles. The molecule has 1 aromatic carbocycles. The fourth-order valence-corrected chi connectivity index (χ4v) is 13.5. The van der Waals surface area contributed by atoms with Crippen molar-refractivity contribution in [2.24, 2.45) is 11.3 Å². The minimum absolute atomic E-state index is 0.0333. The Morgan fingerprint density at radius 2 is 1.77 bits per heavy atom. The number of carboxylic acids is 1. The highest BCUT2D eigenvalue weighted by Crippen LogP contribution is 2.46. The van der Waals surface area contributed by atoms with Crippen molar-refractivity contribution in [2.75, 3.05) is 38.6 Å². The molecule has 2 aromatic heterocycles. The van der Waals surface area contributed by atoms with Gasteiger partial charge in [0.25, 0.3) is 10.2 Å². The van der Waals surface area contributed by atoms with Crippen LogP contribution < -0.4 is 30.7 Å². The fourth-order valence-electron chi connectivity index (χ4n) is 10.8. The molecule has 5 aliphatic rings. The second kappa shape index (κ2) is 21.3. The molecule has 6 atom stereocenters. The molecule has 20 heteroatoms. The molecule has 1 unspecified atom stereocenters. The summed E-state index contributed by atoms with van der Waals surface area (Å²) >= 11 is 1.46. The zero-order chi connectivity index (χ0) is 50.0. The molecule has 0 radical (unpaired) electrons. The SMILES string of the molecule is COc1ccc2c(O[C@@H]3C[C@H]4C(=O)N[C@]5(C(=O)O)CC5C=CCCCCC[C@H](NC(=O)N[C@H](CN5CCCN(C(C)C)S5(=O)=O)C5(C)CCCCC5)C(=O)N4C3)cc(-c3csc(NC(C)C)n3)nc2c1. The van der Waals surface area contributed by atoms with Crippen LogP contribution in [0.25, 0.3) is 22.3 Å². The van der Waals surface area contributed by atoms with Crippen LogP contribution in [0.1, 0.15) is 118 Å². The largest absolute Gasteiger partial charge is 0.497 e. The van der Waals surface area contributed by atoms with Gasteiger partial charge in [0.1, 0.15) is 40.9 Å². The smallest absolute Gasteiger partial charge is 0.330 e. The van der Waals surface area contributed by atoms with Crippen molar-refractivity contribution in [2.45, 2.75) is 160 Å². The Balaban J connectivity index is 1.09. The average molecular weight is 1010 g/mol. The van der Waals surface area contributed by atoms with Crippen LogP contribution in [0.4, 0.5) is 9.93 Å². The number of anilines is 1. The lowest BCUT2D eigenvalue weighted by Crippen LogP contribution is -2.61. The van der Waals surface area contributed by atoms with Crippen LogP contribution in [0.2, 0.25) is 0 Å². The number of carboxylic acid groups (broad SMARTS) is 1. The number of carbonyl (C=O) groups is 4. The van der Waals surface area contributed by atoms with Gasteiger partial charge in [0.2, 0.25) is 11.8 Å². The number of pyridine rings is 1. The number of ether oxygens (including phenoxy) is 2. The van der Waals surface area contributed by atoms with E-state index >= 15 is 4.79 Å². The maximum absolute atomic E-state index is 15.2. The molecular formula is C50H71N9O9S2. The monoisotopic (exact) mass is 1010 g/mol. The first-order chi connectivity index (χ1) is 33.4. The lowest BCUT2D eigenvalue weighted by Gasteiger charge is -2.45. The van der Waals surface area contributed by atoms with E-state index in [-0.39, 0.29) is 44.4 Å². The van der Waals surface area contributed by atoms with Gasteiger partial charge in [-0.2, -0.15) is 17.0 Å². The number of fused-ring (bicyclic) bond motifs is 3. The summed E-state index contributed by atoms with van der Waals surface area (Å²) in [5, 5.41) is 26.2. The second-order valence-electron chi connectivity index (χ2n) is 20.7. The summed E-state index contributed by atoms with van der Waals surface area (Å²) in [4.78, 5) is 68.2. The van der Waals surface area contributed by atoms with Gasteiger partial charge >= 0.3 is 12.0 Å². The van der Waals surface area contributed by atoms with Crippen molar-refractivity contribution in [1.82, 2.24) is 39.4 Å². The van der Waals surface area contributed by atoms with Crippen LogP contribution >= 0.6 is 11.3 Å². The highest BCUT2D eigenvalue weighted by atomic mass is 32.2. The standard InChI is InChI=1S/C50H71N9O9S2/c1-31(2)51-48-54-40(30-69-48)39-26-42(36-19-18-34(67-6)24-38(36)52-39)68-35-25-41-44(60)56-50(46(62)63)27-33(50)16-11-8-7-9-12-17-37(45(61)58(41)28-35)53-47(64)55-43(49(5)20-13-10-14-21-49)29-57-22-15-23-59(32(3)4)70(57,65)66/h11,16,18-19,24,26,30-33,35,37,41,43H,7-10,12-15,17,20-23,25,27-29H2,1-6H3,(H,51,54)(H,56,60)(H,62,63)(H2,53,55,64)/t33?,35-,37+,41+,43-,50-/m1/s1. The van der Waals surface area contributed by atoms with Gasteiger partial charge in [-0.25, -0.2) is 19.6 Å². The van der Waals surface area contributed by atoms with Crippen LogP contribution in [0.5, 0.6) is 11.5 Å². The van der Waals surface area contributed by atoms with Crippen molar-refractivity contribution in [1.29, 1.82) is 0 Å². The number of allylic oxidation sites excluding steroid dienone is 1. The van der Waals surface area contributed by atoms with E-state index in [0.29, 0.717) is 66.1 Å². The zero-order valence-corrected chi connectivity index (χ0v) is 43.0. The normalized spacial score (nSPS) is 26.9. The predicted octanol–water partition coefficient (Wildman–Crippen LogP) is 6.68. The summed E-state index contributed by atoms with van der Waals surface area (Å²) in [6.45, 7) is 10.7. The molecule has 0 bridgehead atoms. The summed E-state index contributed by atoms with van der Waals surface area (Å²) in [5.41, 5.74) is -0.147. The molecule has 0 spiro atoms. The Kier molecular flexibility index (Phi) is 15.6. The van der Waals surface area contributed by atoms with Gasteiger partial charge in [0, 0.05) is 73.0 Å². The van der Waals surface area contributed by atoms with E-state index in [9.17, 15) is 27.9 Å². The van der Waals surface area contributed by atoms with Crippen LogP contribution in [0, 0.1) is 11.3 Å². The van der Waals surface area contributed by atoms with Gasteiger partial charge in [-0.05, 0) is 90.2 Å². The highest BCUT2D eigenvalue weighted by Gasteiger charge is 2.61. The van der Waals surface area contributed by atoms with E-state index in [1.165, 1.54) is 24.8 Å². The molecule has 18 nitrogen and oxygen atoms in total. The molecule has 4 amide bonds. The molecule has 2 saturated carbocycles. The third-order valence-corrected chi connectivity index (χ3v) is 17.8. The number of aromatic nitrogens is 2. The molecular weight excluding hydrogens is 935 g/mol. The highest BCUT2D eigenvalue weighted by molar-refractivity contribution is 7.86. The van der Waals surface area contributed by atoms with E-state index in [2.05, 4.69) is 28.2 Å². The maximum atomic E-state index is 15.2. The first-order valence-electron chi connectivity index (χ1n) is 25.1. The summed E-state index contributed by atoms with van der Waals surface area (Å²) in [6.07, 6.45) is 11.7. The Bertz CT molecular complexity index is 2550. The third-order valence-electron chi connectivity index (χ3n) is 14.9. The lowest BCUT2D eigenvalue weighted by molar-refractivity contribution is -0.145. The number of hydrogen-bond acceptors (Lipinski definition) is 12. The molecule has 3 aromatic rings. The van der Waals surface area contributed by atoms with Crippen LogP contribution in [0.3, 0.4) is 0 Å². The number of methoxy groups -OCH3 is 1. The lowest BCUT2D eigenvalue weighted by atomic mass is 9.70. The van der Waals surface area contributed by atoms with E-state index in [1.807, 2.05) is 51.3 Å². The van der Waals surface area contributed by atoms with E-state index in [1.54, 1.807) is 25.3 Å². The molecule has 8 rings (SSSR count). The number of hydrogen-bond donors (Lipinski definition) is 5. The minimum Gasteiger partial charge on any atom is -0.497 e. The second-order valence-corrected chi connectivity index (χ2v) is 23.5. The quantitative estimate of drug-likeness (QED) is 0.113. The number of aliphatic carboxylic acids is 1. The van der Waals surface area contributed by atoms with Gasteiger partial charge in [-0.3, -0.25) is 9.59 Å². The Hall–Kier alpha value is -5.05. The van der Waals surface area contributed by atoms with E-state index < -0.39 is 75.1 Å². The molecule has 3 aliphatic heterocycles. The fraction of sp³-hybridized carbons (Fsp3) is 0.640. The third kappa shape index (κ3) is 11.2. The maximum Gasteiger partial charge on any atom is 0.330 e. The van der Waals surface area contributed by atoms with Crippen LogP contribution in [-0.4, -0.2) is 136 Å². The van der Waals surface area contributed by atoms with Gasteiger partial charge in [0.15, 0.2) is 5.13 Å². The number of amides is 4. The Labute approximate surface area is 415 Å². The predicted molar refractivity (Wildman–Crippen MR) is 269 cm³/mol. The van der Waals surface area contributed by atoms with Gasteiger partial charge in [-0.15, -0.1) is 11.3 Å². The van der Waals surface area contributed by atoms with Crippen molar-refractivity contribution in [3.05, 3.63) is 41.8 Å². The number of urea groups is 1. The Morgan fingerprint density at radius 1 is 1.00 bits per heavy atom. The average Bonchev–Trinajstić information content (AvgIpc) is 3.57. The number of thiazole rings is 1. The van der Waals surface area contributed by atoms with Gasteiger partial charge < -0.3 is 40.7 Å². The van der Waals surface area contributed by atoms with Crippen molar-refractivity contribution in [3.8, 4) is 22.9 Å². The molecule has 2 aliphatic carbocycles. The number of rotatable bonds is 13. The molecule has 70 heavy (non-hydrogen) atoms. The molecule has 4 fully saturated rings. The van der Waals surface area contributed by atoms with Crippen LogP contribution in [-0.2, 0) is 24.6 Å². The number of nitrogens with zero attached hydrogens (tertiary/aromatic N) is 5. The van der Waals surface area contributed by atoms with Crippen molar-refractivity contribution < 1.29 is 42.2 Å². The summed E-state index contributed by atoms with van der Waals surface area (Å²) in [6, 6.07) is 3.87. The van der Waals surface area contributed by atoms with Crippen molar-refractivity contribution in [3.63, 3.8) is 0 Å². The van der Waals surface area contributed by atoms with Gasteiger partial charge in [0.05, 0.1) is 24.9 Å². The Morgan fingerprint density at radius 3 is 2.50 bits per heavy atom. The topological polar surface area (TPSA) is 225 Å². The first-order valence-corrected chi connectivity index (χ1v) is 27.4. The number of benzene rings is 1. The molecule has 382 valence electrons. The molecule has 5 N–H and O–H groups in total. The summed E-state index contributed by atoms with van der Waals surface area (Å²) < 4.78 is 43.2. The number of carbonyl (C=O) groups excluding carboxylic acids is 3. The van der Waals surface area contributed by atoms with Crippen molar-refractivity contribution >= 4 is 61.4 Å². The molecule has 5 heterocycles. The first kappa shape index (κ1) is 51.3. The summed E-state index contributed by atoms with van der Waals surface area (Å²) in [7, 11) is -2.21. The van der Waals surface area contributed by atoms with Gasteiger partial charge in [-0.1, -0.05) is 51.2 Å². The summed E-state index contributed by atoms with van der Waals surface area (Å²) in [5.74, 6) is -1.60. The van der Waals surface area contributed by atoms with Crippen LogP contribution in [0.15, 0.2) is 41.8 Å². The van der Waals surface area contributed by atoms with E-state index in [0.717, 1.165) is 50.1 Å². The number of nitrogens with one attached hydrogen (secondary N) is 4.